The number of H-pyrrole nitrogens is 1. The molecule has 0 aromatic carbocycles. The lowest BCUT2D eigenvalue weighted by atomic mass is 9.99. The van der Waals surface area contributed by atoms with Crippen LogP contribution < -0.4 is 10.6 Å². The molecule has 176 valence electrons. The van der Waals surface area contributed by atoms with Gasteiger partial charge in [-0.3, -0.25) is 10.1 Å². The van der Waals surface area contributed by atoms with Gasteiger partial charge in [0.05, 0.1) is 17.9 Å². The molecule has 1 unspecified atom stereocenters. The van der Waals surface area contributed by atoms with E-state index < -0.39 is 10.0 Å². The fraction of sp³-hybridized carbons (Fsp3) is 0.500. The summed E-state index contributed by atoms with van der Waals surface area (Å²) in [5.41, 5.74) is 1.78. The zero-order valence-corrected chi connectivity index (χ0v) is 19.6. The molecule has 11 heteroatoms. The van der Waals surface area contributed by atoms with Gasteiger partial charge in [0, 0.05) is 54.6 Å². The Hall–Kier alpha value is -2.76. The standard InChI is InChI=1S/C22H29N7O3S/c1-14-10-21(28-27-14)25-20-13-19-18(4-3-7-23-19)22(26-20)24-15-11-16-5-6-17(12-15)29(16)33(30,31)9-8-32-2/h3-4,7,10,13,15-17H,5-6,8-9,11-12H2,1-2H3,(H3,24,25,26,27,28)/t15?,16-,17+. The number of methoxy groups -OCH3 is 1. The maximum absolute atomic E-state index is 12.9. The summed E-state index contributed by atoms with van der Waals surface area (Å²) >= 11 is 0. The molecule has 2 aliphatic heterocycles. The van der Waals surface area contributed by atoms with Crippen LogP contribution in [-0.2, 0) is 14.8 Å². The van der Waals surface area contributed by atoms with E-state index >= 15 is 0 Å². The number of anilines is 3. The van der Waals surface area contributed by atoms with Gasteiger partial charge in [-0.1, -0.05) is 0 Å². The predicted octanol–water partition coefficient (Wildman–Crippen LogP) is 2.79. The fourth-order valence-corrected chi connectivity index (χ4v) is 6.94. The van der Waals surface area contributed by atoms with Crippen molar-refractivity contribution in [3.05, 3.63) is 36.2 Å². The number of nitrogens with zero attached hydrogens (tertiary/aromatic N) is 4. The number of sulfonamides is 1. The molecule has 0 saturated carbocycles. The van der Waals surface area contributed by atoms with Crippen LogP contribution in [0.3, 0.4) is 0 Å². The first-order valence-electron chi connectivity index (χ1n) is 11.2. The summed E-state index contributed by atoms with van der Waals surface area (Å²) in [5.74, 6) is 2.12. The van der Waals surface area contributed by atoms with Gasteiger partial charge in [-0.05, 0) is 44.7 Å². The summed E-state index contributed by atoms with van der Waals surface area (Å²) < 4.78 is 32.5. The molecule has 2 aliphatic rings. The number of ether oxygens (including phenoxy) is 1. The highest BCUT2D eigenvalue weighted by molar-refractivity contribution is 7.89. The van der Waals surface area contributed by atoms with Gasteiger partial charge in [-0.15, -0.1) is 0 Å². The van der Waals surface area contributed by atoms with E-state index in [2.05, 4.69) is 25.8 Å². The molecule has 5 rings (SSSR count). The Morgan fingerprint density at radius 3 is 2.70 bits per heavy atom. The smallest absolute Gasteiger partial charge is 0.216 e. The number of piperidine rings is 1. The predicted molar refractivity (Wildman–Crippen MR) is 127 cm³/mol. The van der Waals surface area contributed by atoms with Gasteiger partial charge in [0.1, 0.15) is 11.6 Å². The minimum absolute atomic E-state index is 0.0147. The zero-order chi connectivity index (χ0) is 23.0. The number of nitrogens with one attached hydrogen (secondary N) is 3. The van der Waals surface area contributed by atoms with E-state index in [1.165, 1.54) is 7.11 Å². The van der Waals surface area contributed by atoms with Crippen molar-refractivity contribution in [2.45, 2.75) is 50.7 Å². The SMILES string of the molecule is COCCS(=O)(=O)N1[C@@H]2CC[C@H]1CC(Nc1nc(Nc3cc(C)[nH]n3)cc3ncccc13)C2. The number of fused-ring (bicyclic) bond motifs is 3. The maximum atomic E-state index is 12.9. The molecule has 3 atom stereocenters. The van der Waals surface area contributed by atoms with E-state index in [4.69, 9.17) is 9.72 Å². The Balaban J connectivity index is 1.37. The van der Waals surface area contributed by atoms with Crippen LogP contribution >= 0.6 is 0 Å². The second kappa shape index (κ2) is 8.88. The zero-order valence-electron chi connectivity index (χ0n) is 18.8. The maximum Gasteiger partial charge on any atom is 0.216 e. The normalized spacial score (nSPS) is 23.2. The van der Waals surface area contributed by atoms with Crippen LogP contribution in [0.1, 0.15) is 31.4 Å². The molecule has 0 aliphatic carbocycles. The molecule has 2 bridgehead atoms. The van der Waals surface area contributed by atoms with Gasteiger partial charge in [-0.2, -0.15) is 9.40 Å². The molecule has 2 saturated heterocycles. The summed E-state index contributed by atoms with van der Waals surface area (Å²) in [7, 11) is -1.79. The van der Waals surface area contributed by atoms with Gasteiger partial charge in [-0.25, -0.2) is 13.4 Å². The van der Waals surface area contributed by atoms with Crippen LogP contribution in [0.15, 0.2) is 30.5 Å². The Kier molecular flexibility index (Phi) is 5.94. The molecule has 2 fully saturated rings. The Morgan fingerprint density at radius 2 is 2.00 bits per heavy atom. The fourth-order valence-electron chi connectivity index (χ4n) is 5.06. The number of rotatable bonds is 8. The first kappa shape index (κ1) is 22.1. The molecule has 3 aromatic rings. The van der Waals surface area contributed by atoms with Crippen molar-refractivity contribution in [1.82, 2.24) is 24.5 Å². The van der Waals surface area contributed by atoms with Crippen LogP contribution in [-0.4, -0.2) is 70.5 Å². The lowest BCUT2D eigenvalue weighted by Crippen LogP contribution is -2.50. The number of aromatic amines is 1. The van der Waals surface area contributed by atoms with Gasteiger partial charge < -0.3 is 15.4 Å². The molecule has 3 aromatic heterocycles. The number of pyridine rings is 2. The van der Waals surface area contributed by atoms with Crippen molar-refractivity contribution in [1.29, 1.82) is 0 Å². The van der Waals surface area contributed by atoms with Crippen molar-refractivity contribution >= 4 is 38.4 Å². The minimum Gasteiger partial charge on any atom is -0.384 e. The van der Waals surface area contributed by atoms with Crippen LogP contribution in [0, 0.1) is 6.92 Å². The molecule has 5 heterocycles. The third-order valence-corrected chi connectivity index (χ3v) is 8.36. The van der Waals surface area contributed by atoms with Crippen molar-refractivity contribution in [2.75, 3.05) is 30.1 Å². The van der Waals surface area contributed by atoms with Crippen LogP contribution in [0.25, 0.3) is 10.9 Å². The van der Waals surface area contributed by atoms with Gasteiger partial charge in [0.2, 0.25) is 10.0 Å². The van der Waals surface area contributed by atoms with Gasteiger partial charge in [0.25, 0.3) is 0 Å². The number of hydrogen-bond acceptors (Lipinski definition) is 8. The first-order chi connectivity index (χ1) is 15.9. The van der Waals surface area contributed by atoms with Crippen LogP contribution in [0.4, 0.5) is 17.5 Å². The highest BCUT2D eigenvalue weighted by atomic mass is 32.2. The van der Waals surface area contributed by atoms with Crippen molar-refractivity contribution in [2.24, 2.45) is 0 Å². The lowest BCUT2D eigenvalue weighted by molar-refractivity contribution is 0.207. The highest BCUT2D eigenvalue weighted by Crippen LogP contribution is 2.39. The monoisotopic (exact) mass is 471 g/mol. The van der Waals surface area contributed by atoms with Crippen molar-refractivity contribution in [3.8, 4) is 0 Å². The average Bonchev–Trinajstić information content (AvgIpc) is 3.32. The van der Waals surface area contributed by atoms with E-state index in [0.29, 0.717) is 11.6 Å². The van der Waals surface area contributed by atoms with E-state index in [0.717, 1.165) is 48.1 Å². The molecule has 0 spiro atoms. The van der Waals surface area contributed by atoms with E-state index in [-0.39, 0.29) is 30.5 Å². The summed E-state index contributed by atoms with van der Waals surface area (Å²) in [6.45, 7) is 2.16. The quantitative estimate of drug-likeness (QED) is 0.458. The Bertz CT molecular complexity index is 1230. The van der Waals surface area contributed by atoms with Crippen LogP contribution in [0.2, 0.25) is 0 Å². The summed E-state index contributed by atoms with van der Waals surface area (Å²) in [5, 5.41) is 14.9. The summed E-state index contributed by atoms with van der Waals surface area (Å²) in [4.78, 5) is 9.32. The van der Waals surface area contributed by atoms with Gasteiger partial charge >= 0.3 is 0 Å². The number of aromatic nitrogens is 4. The first-order valence-corrected chi connectivity index (χ1v) is 12.9. The third kappa shape index (κ3) is 4.53. The molecule has 3 N–H and O–H groups in total. The minimum atomic E-state index is -3.32. The topological polar surface area (TPSA) is 125 Å². The number of hydrogen-bond donors (Lipinski definition) is 3. The molecule has 33 heavy (non-hydrogen) atoms. The van der Waals surface area contributed by atoms with E-state index in [9.17, 15) is 8.42 Å². The molecule has 0 amide bonds. The van der Waals surface area contributed by atoms with Gasteiger partial charge in [0.15, 0.2) is 5.82 Å². The molecular weight excluding hydrogens is 442 g/mol. The second-order valence-corrected chi connectivity index (χ2v) is 10.8. The van der Waals surface area contributed by atoms with Crippen LogP contribution in [0.5, 0.6) is 0 Å². The van der Waals surface area contributed by atoms with Crippen molar-refractivity contribution in [3.63, 3.8) is 0 Å². The molecule has 0 radical (unpaired) electrons. The van der Waals surface area contributed by atoms with Crippen molar-refractivity contribution < 1.29 is 13.2 Å². The van der Waals surface area contributed by atoms with E-state index in [1.54, 1.807) is 10.5 Å². The second-order valence-electron chi connectivity index (χ2n) is 8.82. The molecule has 10 nitrogen and oxygen atoms in total. The lowest BCUT2D eigenvalue weighted by Gasteiger charge is -2.38. The largest absolute Gasteiger partial charge is 0.384 e. The third-order valence-electron chi connectivity index (χ3n) is 6.43. The highest BCUT2D eigenvalue weighted by Gasteiger charge is 2.46. The van der Waals surface area contributed by atoms with E-state index in [1.807, 2.05) is 31.2 Å². The molecular formula is C22H29N7O3S. The Morgan fingerprint density at radius 1 is 1.21 bits per heavy atom. The summed E-state index contributed by atoms with van der Waals surface area (Å²) in [6.07, 6.45) is 5.05. The summed E-state index contributed by atoms with van der Waals surface area (Å²) in [6, 6.07) is 7.87. The Labute approximate surface area is 193 Å². The average molecular weight is 472 g/mol. The number of aryl methyl sites for hydroxylation is 1.